The molecule has 7 heteroatoms. The van der Waals surface area contributed by atoms with Gasteiger partial charge in [-0.15, -0.1) is 0 Å². The van der Waals surface area contributed by atoms with Gasteiger partial charge in [-0.25, -0.2) is 8.42 Å². The summed E-state index contributed by atoms with van der Waals surface area (Å²) >= 11 is 0. The van der Waals surface area contributed by atoms with Crippen molar-refractivity contribution < 1.29 is 23.0 Å². The molecule has 2 aliphatic rings. The second-order valence-corrected chi connectivity index (χ2v) is 7.77. The summed E-state index contributed by atoms with van der Waals surface area (Å²) in [6.45, 7) is 2.43. The number of rotatable bonds is 3. The van der Waals surface area contributed by atoms with E-state index in [-0.39, 0.29) is 24.0 Å². The molecule has 1 fully saturated rings. The molecule has 1 aromatic carbocycles. The SMILES string of the molecule is CC1(NCc2cc3c(cc2O)OCO3)CCS(=O)(=O)C1. The minimum Gasteiger partial charge on any atom is -0.507 e. The van der Waals surface area contributed by atoms with Gasteiger partial charge in [0.05, 0.1) is 11.5 Å². The van der Waals surface area contributed by atoms with Crippen LogP contribution in [0, 0.1) is 0 Å². The molecule has 2 aliphatic heterocycles. The lowest BCUT2D eigenvalue weighted by Gasteiger charge is -2.24. The van der Waals surface area contributed by atoms with E-state index in [1.807, 2.05) is 6.92 Å². The average molecular weight is 299 g/mol. The van der Waals surface area contributed by atoms with E-state index < -0.39 is 15.4 Å². The fraction of sp³-hybridized carbons (Fsp3) is 0.538. The molecule has 0 aliphatic carbocycles. The summed E-state index contributed by atoms with van der Waals surface area (Å²) in [4.78, 5) is 0. The fourth-order valence-electron chi connectivity index (χ4n) is 2.57. The van der Waals surface area contributed by atoms with Gasteiger partial charge in [-0.3, -0.25) is 0 Å². The maximum Gasteiger partial charge on any atom is 0.231 e. The van der Waals surface area contributed by atoms with Crippen molar-refractivity contribution >= 4 is 9.84 Å². The first-order valence-electron chi connectivity index (χ1n) is 6.44. The zero-order chi connectivity index (χ0) is 14.4. The van der Waals surface area contributed by atoms with Gasteiger partial charge in [0.1, 0.15) is 5.75 Å². The molecule has 110 valence electrons. The van der Waals surface area contributed by atoms with Gasteiger partial charge in [0, 0.05) is 23.7 Å². The van der Waals surface area contributed by atoms with Crippen LogP contribution in [0.3, 0.4) is 0 Å². The van der Waals surface area contributed by atoms with Crippen molar-refractivity contribution in [3.63, 3.8) is 0 Å². The first-order chi connectivity index (χ1) is 9.37. The molecule has 0 radical (unpaired) electrons. The molecule has 1 aromatic rings. The van der Waals surface area contributed by atoms with Crippen molar-refractivity contribution in [2.45, 2.75) is 25.4 Å². The highest BCUT2D eigenvalue weighted by Gasteiger charge is 2.38. The Bertz CT molecular complexity index is 642. The van der Waals surface area contributed by atoms with Crippen LogP contribution in [0.1, 0.15) is 18.9 Å². The highest BCUT2D eigenvalue weighted by atomic mass is 32.2. The number of aromatic hydroxyl groups is 1. The summed E-state index contributed by atoms with van der Waals surface area (Å²) in [7, 11) is -2.95. The molecule has 1 saturated heterocycles. The number of sulfone groups is 1. The zero-order valence-electron chi connectivity index (χ0n) is 11.2. The van der Waals surface area contributed by atoms with Crippen molar-refractivity contribution in [1.29, 1.82) is 0 Å². The molecule has 0 bridgehead atoms. The van der Waals surface area contributed by atoms with E-state index >= 15 is 0 Å². The quantitative estimate of drug-likeness (QED) is 0.858. The molecule has 6 nitrogen and oxygen atoms in total. The number of ether oxygens (including phenoxy) is 2. The van der Waals surface area contributed by atoms with Crippen molar-refractivity contribution in [2.24, 2.45) is 0 Å². The topological polar surface area (TPSA) is 84.9 Å². The Morgan fingerprint density at radius 1 is 1.35 bits per heavy atom. The van der Waals surface area contributed by atoms with Crippen LogP contribution in [0.2, 0.25) is 0 Å². The fourth-order valence-corrected chi connectivity index (χ4v) is 4.70. The number of nitrogens with one attached hydrogen (secondary N) is 1. The molecule has 2 heterocycles. The summed E-state index contributed by atoms with van der Waals surface area (Å²) in [5.74, 6) is 1.59. The van der Waals surface area contributed by atoms with E-state index in [9.17, 15) is 13.5 Å². The van der Waals surface area contributed by atoms with Gasteiger partial charge in [-0.1, -0.05) is 0 Å². The van der Waals surface area contributed by atoms with E-state index in [1.165, 1.54) is 6.07 Å². The van der Waals surface area contributed by atoms with Gasteiger partial charge < -0.3 is 19.9 Å². The maximum atomic E-state index is 11.6. The third-order valence-corrected chi connectivity index (χ3v) is 5.69. The van der Waals surface area contributed by atoms with E-state index in [1.54, 1.807) is 6.07 Å². The Hall–Kier alpha value is -1.47. The summed E-state index contributed by atoms with van der Waals surface area (Å²) in [6.07, 6.45) is 0.584. The molecule has 0 saturated carbocycles. The van der Waals surface area contributed by atoms with Crippen LogP contribution in [0.25, 0.3) is 0 Å². The molecule has 0 amide bonds. The molecule has 3 rings (SSSR count). The molecule has 0 spiro atoms. The van der Waals surface area contributed by atoms with E-state index in [4.69, 9.17) is 9.47 Å². The van der Waals surface area contributed by atoms with Crippen molar-refractivity contribution in [2.75, 3.05) is 18.3 Å². The average Bonchev–Trinajstić information content (AvgIpc) is 2.91. The van der Waals surface area contributed by atoms with Crippen LogP contribution in [-0.4, -0.2) is 37.4 Å². The first kappa shape index (κ1) is 13.5. The summed E-state index contributed by atoms with van der Waals surface area (Å²) in [6, 6.07) is 3.24. The van der Waals surface area contributed by atoms with Crippen LogP contribution in [-0.2, 0) is 16.4 Å². The first-order valence-corrected chi connectivity index (χ1v) is 8.26. The van der Waals surface area contributed by atoms with Gasteiger partial charge in [0.15, 0.2) is 21.3 Å². The van der Waals surface area contributed by atoms with Gasteiger partial charge >= 0.3 is 0 Å². The predicted octanol–water partition coefficient (Wildman–Crippen LogP) is 0.788. The maximum absolute atomic E-state index is 11.6. The smallest absolute Gasteiger partial charge is 0.231 e. The van der Waals surface area contributed by atoms with Gasteiger partial charge in [-0.2, -0.15) is 0 Å². The number of phenols is 1. The number of benzene rings is 1. The van der Waals surface area contributed by atoms with E-state index in [0.29, 0.717) is 30.0 Å². The normalized spacial score (nSPS) is 26.9. The minimum atomic E-state index is -2.95. The molecule has 0 aromatic heterocycles. The Balaban J connectivity index is 1.73. The summed E-state index contributed by atoms with van der Waals surface area (Å²) < 4.78 is 33.5. The number of hydrogen-bond acceptors (Lipinski definition) is 6. The Labute approximate surface area is 117 Å². The monoisotopic (exact) mass is 299 g/mol. The van der Waals surface area contributed by atoms with Crippen LogP contribution >= 0.6 is 0 Å². The van der Waals surface area contributed by atoms with Crippen molar-refractivity contribution in [3.05, 3.63) is 17.7 Å². The molecule has 2 N–H and O–H groups in total. The number of phenolic OH excluding ortho intramolecular Hbond substituents is 1. The van der Waals surface area contributed by atoms with Gasteiger partial charge in [0.2, 0.25) is 6.79 Å². The van der Waals surface area contributed by atoms with Crippen molar-refractivity contribution in [3.8, 4) is 17.2 Å². The number of hydrogen-bond donors (Lipinski definition) is 2. The number of fused-ring (bicyclic) bond motifs is 1. The molecular weight excluding hydrogens is 282 g/mol. The molecule has 20 heavy (non-hydrogen) atoms. The minimum absolute atomic E-state index is 0.117. The Morgan fingerprint density at radius 3 is 2.70 bits per heavy atom. The van der Waals surface area contributed by atoms with Crippen LogP contribution in [0.5, 0.6) is 17.2 Å². The predicted molar refractivity (Wildman–Crippen MR) is 72.7 cm³/mol. The molecular formula is C13H17NO5S. The van der Waals surface area contributed by atoms with Gasteiger partial charge in [0.25, 0.3) is 0 Å². The Kier molecular flexibility index (Phi) is 3.06. The van der Waals surface area contributed by atoms with Crippen LogP contribution in [0.15, 0.2) is 12.1 Å². The van der Waals surface area contributed by atoms with E-state index in [0.717, 1.165) is 0 Å². The van der Waals surface area contributed by atoms with Crippen LogP contribution in [0.4, 0.5) is 0 Å². The van der Waals surface area contributed by atoms with Gasteiger partial charge in [-0.05, 0) is 19.4 Å². The van der Waals surface area contributed by atoms with Crippen LogP contribution < -0.4 is 14.8 Å². The highest BCUT2D eigenvalue weighted by molar-refractivity contribution is 7.91. The Morgan fingerprint density at radius 2 is 2.05 bits per heavy atom. The third-order valence-electron chi connectivity index (χ3n) is 3.78. The summed E-state index contributed by atoms with van der Waals surface area (Å²) in [5.41, 5.74) is 0.224. The molecule has 1 atom stereocenters. The lowest BCUT2D eigenvalue weighted by Crippen LogP contribution is -2.42. The largest absolute Gasteiger partial charge is 0.507 e. The molecule has 1 unspecified atom stereocenters. The lowest BCUT2D eigenvalue weighted by atomic mass is 10.0. The third kappa shape index (κ3) is 2.55. The second-order valence-electron chi connectivity index (χ2n) is 5.59. The van der Waals surface area contributed by atoms with E-state index in [2.05, 4.69) is 5.32 Å². The standard InChI is InChI=1S/C13H17NO5S/c1-13(2-3-20(16,17)7-13)14-6-9-4-11-12(5-10(9)15)19-8-18-11/h4-5,14-15H,2-3,6-8H2,1H3. The zero-order valence-corrected chi connectivity index (χ0v) is 12.0. The summed E-state index contributed by atoms with van der Waals surface area (Å²) in [5, 5.41) is 13.2. The second kappa shape index (κ2) is 4.53. The lowest BCUT2D eigenvalue weighted by molar-refractivity contribution is 0.174. The van der Waals surface area contributed by atoms with Crippen molar-refractivity contribution in [1.82, 2.24) is 5.32 Å². The highest BCUT2D eigenvalue weighted by Crippen LogP contribution is 2.37.